The number of rotatable bonds is 6. The Bertz CT molecular complexity index is 732. The molecule has 7 nitrogen and oxygen atoms in total. The van der Waals surface area contributed by atoms with Crippen molar-refractivity contribution in [1.29, 1.82) is 0 Å². The minimum Gasteiger partial charge on any atom is -0.481 e. The quantitative estimate of drug-likeness (QED) is 0.702. The number of carbonyl (C=O) groups is 3. The average Bonchev–Trinajstić information content (AvgIpc) is 2.57. The highest BCUT2D eigenvalue weighted by atomic mass is 79.9. The van der Waals surface area contributed by atoms with E-state index in [9.17, 15) is 14.4 Å². The normalized spacial score (nSPS) is 17.3. The van der Waals surface area contributed by atoms with Crippen LogP contribution >= 0.6 is 15.9 Å². The number of nitrogens with zero attached hydrogens (tertiary/aromatic N) is 1. The van der Waals surface area contributed by atoms with E-state index in [0.29, 0.717) is 11.3 Å². The van der Waals surface area contributed by atoms with Crippen molar-refractivity contribution in [1.82, 2.24) is 10.2 Å². The number of carbonyl (C=O) groups excluding carboxylic acids is 2. The van der Waals surface area contributed by atoms with Gasteiger partial charge in [-0.3, -0.25) is 9.69 Å². The Morgan fingerprint density at radius 3 is 2.64 bits per heavy atom. The van der Waals surface area contributed by atoms with E-state index in [4.69, 9.17) is 9.84 Å². The summed E-state index contributed by atoms with van der Waals surface area (Å²) in [6, 6.07) is 6.26. The van der Waals surface area contributed by atoms with Crippen molar-refractivity contribution in [2.45, 2.75) is 25.8 Å². The lowest BCUT2D eigenvalue weighted by atomic mass is 9.95. The molecule has 0 bridgehead atoms. The number of carboxylic acid groups (broad SMARTS) is 1. The lowest BCUT2D eigenvalue weighted by molar-refractivity contribution is -0.138. The van der Waals surface area contributed by atoms with E-state index in [1.54, 1.807) is 6.92 Å². The summed E-state index contributed by atoms with van der Waals surface area (Å²) < 4.78 is 5.65. The molecule has 1 aromatic rings. The maximum atomic E-state index is 12.5. The second-order valence-electron chi connectivity index (χ2n) is 5.54. The van der Waals surface area contributed by atoms with E-state index < -0.39 is 18.0 Å². The van der Waals surface area contributed by atoms with Crippen LogP contribution in [-0.4, -0.2) is 41.6 Å². The van der Waals surface area contributed by atoms with Crippen molar-refractivity contribution in [3.8, 4) is 0 Å². The summed E-state index contributed by atoms with van der Waals surface area (Å²) in [4.78, 5) is 36.9. The number of halogens is 1. The first-order valence-corrected chi connectivity index (χ1v) is 8.49. The first kappa shape index (κ1) is 19.0. The lowest BCUT2D eigenvalue weighted by Gasteiger charge is -2.35. The van der Waals surface area contributed by atoms with Crippen LogP contribution in [0.2, 0.25) is 0 Å². The number of urea groups is 1. The Morgan fingerprint density at radius 1 is 1.36 bits per heavy atom. The highest BCUT2D eigenvalue weighted by Gasteiger charge is 2.36. The molecule has 0 spiro atoms. The largest absolute Gasteiger partial charge is 0.481 e. The summed E-state index contributed by atoms with van der Waals surface area (Å²) in [5, 5.41) is 11.6. The maximum Gasteiger partial charge on any atom is 0.337 e. The Balaban J connectivity index is 2.41. The van der Waals surface area contributed by atoms with E-state index >= 15 is 0 Å². The molecule has 25 heavy (non-hydrogen) atoms. The standard InChI is InChI=1S/C17H19BrN2O5/c1-10-14(16(23)25-2)15(11-6-3-4-7-12(11)18)19-17(24)20(10)9-5-8-13(21)22/h3-4,6-7,15H,5,8-9H2,1-2H3,(H,19,24)(H,21,22)/t15-/m0/s1. The third-order valence-corrected chi connectivity index (χ3v) is 4.71. The molecular weight excluding hydrogens is 392 g/mol. The average molecular weight is 411 g/mol. The number of amides is 2. The molecule has 1 aliphatic heterocycles. The van der Waals surface area contributed by atoms with Crippen LogP contribution in [0.5, 0.6) is 0 Å². The molecule has 1 aliphatic rings. The minimum absolute atomic E-state index is 0.0573. The number of methoxy groups -OCH3 is 1. The molecule has 8 heteroatoms. The van der Waals surface area contributed by atoms with E-state index in [1.165, 1.54) is 12.0 Å². The van der Waals surface area contributed by atoms with E-state index in [0.717, 1.165) is 10.0 Å². The Kier molecular flexibility index (Phi) is 6.19. The van der Waals surface area contributed by atoms with Crippen molar-refractivity contribution < 1.29 is 24.2 Å². The second kappa shape index (κ2) is 8.15. The number of carboxylic acids is 1. The van der Waals surface area contributed by atoms with Crippen LogP contribution < -0.4 is 5.32 Å². The van der Waals surface area contributed by atoms with Gasteiger partial charge in [-0.05, 0) is 25.0 Å². The smallest absolute Gasteiger partial charge is 0.337 e. The van der Waals surface area contributed by atoms with Gasteiger partial charge in [0.25, 0.3) is 0 Å². The van der Waals surface area contributed by atoms with Crippen LogP contribution in [0.3, 0.4) is 0 Å². The zero-order chi connectivity index (χ0) is 18.6. The summed E-state index contributed by atoms with van der Waals surface area (Å²) in [7, 11) is 1.28. The van der Waals surface area contributed by atoms with Crippen LogP contribution in [0, 0.1) is 0 Å². The fraction of sp³-hybridized carbons (Fsp3) is 0.353. The molecule has 0 aromatic heterocycles. The maximum absolute atomic E-state index is 12.5. The molecule has 1 heterocycles. The zero-order valence-electron chi connectivity index (χ0n) is 13.9. The number of aliphatic carboxylic acids is 1. The monoisotopic (exact) mass is 410 g/mol. The van der Waals surface area contributed by atoms with Gasteiger partial charge in [0, 0.05) is 23.1 Å². The summed E-state index contributed by atoms with van der Waals surface area (Å²) in [6.45, 7) is 1.86. The van der Waals surface area contributed by atoms with Crippen molar-refractivity contribution in [3.05, 3.63) is 45.6 Å². The van der Waals surface area contributed by atoms with Gasteiger partial charge in [-0.1, -0.05) is 34.1 Å². The van der Waals surface area contributed by atoms with E-state index in [-0.39, 0.29) is 25.4 Å². The number of hydrogen-bond acceptors (Lipinski definition) is 4. The molecule has 0 saturated carbocycles. The Morgan fingerprint density at radius 2 is 2.04 bits per heavy atom. The van der Waals surface area contributed by atoms with Gasteiger partial charge in [0.15, 0.2) is 0 Å². The van der Waals surface area contributed by atoms with E-state index in [1.807, 2.05) is 24.3 Å². The highest BCUT2D eigenvalue weighted by Crippen LogP contribution is 2.34. The number of nitrogens with one attached hydrogen (secondary N) is 1. The van der Waals surface area contributed by atoms with Crippen molar-refractivity contribution in [2.24, 2.45) is 0 Å². The predicted octanol–water partition coefficient (Wildman–Crippen LogP) is 2.83. The molecular formula is C17H19BrN2O5. The highest BCUT2D eigenvalue weighted by molar-refractivity contribution is 9.10. The molecule has 2 N–H and O–H groups in total. The summed E-state index contributed by atoms with van der Waals surface area (Å²) in [6.07, 6.45) is 0.229. The van der Waals surface area contributed by atoms with Crippen LogP contribution in [0.4, 0.5) is 4.79 Å². The molecule has 1 atom stereocenters. The fourth-order valence-electron chi connectivity index (χ4n) is 2.76. The van der Waals surface area contributed by atoms with Crippen LogP contribution in [-0.2, 0) is 14.3 Å². The van der Waals surface area contributed by atoms with Crippen molar-refractivity contribution in [2.75, 3.05) is 13.7 Å². The summed E-state index contributed by atoms with van der Waals surface area (Å²) >= 11 is 3.44. The topological polar surface area (TPSA) is 95.9 Å². The van der Waals surface area contributed by atoms with Crippen LogP contribution in [0.25, 0.3) is 0 Å². The van der Waals surface area contributed by atoms with Gasteiger partial charge in [-0.2, -0.15) is 0 Å². The molecule has 0 saturated heterocycles. The molecule has 0 unspecified atom stereocenters. The number of esters is 1. The fourth-order valence-corrected chi connectivity index (χ4v) is 3.27. The van der Waals surface area contributed by atoms with Gasteiger partial charge >= 0.3 is 18.0 Å². The van der Waals surface area contributed by atoms with Gasteiger partial charge in [0.1, 0.15) is 0 Å². The molecule has 0 aliphatic carbocycles. The van der Waals surface area contributed by atoms with E-state index in [2.05, 4.69) is 21.2 Å². The van der Waals surface area contributed by atoms with Gasteiger partial charge in [0.05, 0.1) is 18.7 Å². The third kappa shape index (κ3) is 4.19. The first-order chi connectivity index (χ1) is 11.9. The predicted molar refractivity (Wildman–Crippen MR) is 93.7 cm³/mol. The lowest BCUT2D eigenvalue weighted by Crippen LogP contribution is -2.48. The molecule has 134 valence electrons. The second-order valence-corrected chi connectivity index (χ2v) is 6.40. The number of ether oxygens (including phenoxy) is 1. The Labute approximate surface area is 153 Å². The van der Waals surface area contributed by atoms with Crippen molar-refractivity contribution >= 4 is 33.9 Å². The third-order valence-electron chi connectivity index (χ3n) is 3.99. The number of benzene rings is 1. The van der Waals surface area contributed by atoms with Crippen molar-refractivity contribution in [3.63, 3.8) is 0 Å². The van der Waals surface area contributed by atoms with Gasteiger partial charge < -0.3 is 15.2 Å². The summed E-state index contributed by atoms with van der Waals surface area (Å²) in [5.74, 6) is -1.47. The van der Waals surface area contributed by atoms with Crippen LogP contribution in [0.15, 0.2) is 40.0 Å². The minimum atomic E-state index is -0.932. The first-order valence-electron chi connectivity index (χ1n) is 7.70. The molecule has 1 aromatic carbocycles. The van der Waals surface area contributed by atoms with Gasteiger partial charge in [0.2, 0.25) is 0 Å². The Hall–Kier alpha value is -2.35. The molecule has 2 amide bonds. The summed E-state index contributed by atoms with van der Waals surface area (Å²) in [5.41, 5.74) is 1.52. The SMILES string of the molecule is COC(=O)C1=C(C)N(CCCC(=O)O)C(=O)N[C@H]1c1ccccc1Br. The van der Waals surface area contributed by atoms with Gasteiger partial charge in [-0.25, -0.2) is 9.59 Å². The molecule has 2 rings (SSSR count). The zero-order valence-corrected chi connectivity index (χ0v) is 15.5. The number of hydrogen-bond donors (Lipinski definition) is 2. The van der Waals surface area contributed by atoms with Gasteiger partial charge in [-0.15, -0.1) is 0 Å². The molecule has 0 radical (unpaired) electrons. The van der Waals surface area contributed by atoms with Crippen LogP contribution in [0.1, 0.15) is 31.4 Å². The number of allylic oxidation sites excluding steroid dienone is 1. The molecule has 0 fully saturated rings.